The molecule has 0 fully saturated rings. The van der Waals surface area contributed by atoms with Crippen LogP contribution in [0.25, 0.3) is 0 Å². The zero-order valence-corrected chi connectivity index (χ0v) is 9.78. The fraction of sp³-hybridized carbons (Fsp3) is 0. The van der Waals surface area contributed by atoms with Crippen molar-refractivity contribution in [2.75, 3.05) is 5.32 Å². The lowest BCUT2D eigenvalue weighted by atomic mass is 10.3. The van der Waals surface area contributed by atoms with E-state index in [2.05, 4.69) is 5.32 Å². The van der Waals surface area contributed by atoms with Gasteiger partial charge >= 0.3 is 0 Å². The second kappa shape index (κ2) is 5.63. The molecule has 1 N–H and O–H groups in total. The Morgan fingerprint density at radius 1 is 1.00 bits per heavy atom. The number of anilines is 1. The van der Waals surface area contributed by atoms with Crippen LogP contribution in [0.1, 0.15) is 0 Å². The zero-order chi connectivity index (χ0) is 13.7. The van der Waals surface area contributed by atoms with Gasteiger partial charge in [-0.05, 0) is 36.4 Å². The average Bonchev–Trinajstić information content (AvgIpc) is 2.42. The highest BCUT2D eigenvalue weighted by Gasteiger charge is 2.04. The Morgan fingerprint density at radius 2 is 1.53 bits per heavy atom. The summed E-state index contributed by atoms with van der Waals surface area (Å²) in [5, 5.41) is 13.0. The lowest BCUT2D eigenvalue weighted by Gasteiger charge is -2.06. The van der Waals surface area contributed by atoms with Gasteiger partial charge in [0.1, 0.15) is 11.5 Å². The molecule has 0 radical (unpaired) electrons. The molecule has 0 aromatic heterocycles. The molecule has 0 heterocycles. The molecule has 0 aliphatic carbocycles. The van der Waals surface area contributed by atoms with E-state index in [0.29, 0.717) is 23.6 Å². The number of benzene rings is 2. The van der Waals surface area contributed by atoms with Crippen LogP contribution >= 0.6 is 0 Å². The van der Waals surface area contributed by atoms with Crippen molar-refractivity contribution >= 4 is 17.8 Å². The molecule has 0 aliphatic rings. The van der Waals surface area contributed by atoms with Crippen molar-refractivity contribution in [3.05, 3.63) is 58.6 Å². The third-order valence-electron chi connectivity index (χ3n) is 2.36. The number of ether oxygens (including phenoxy) is 1. The van der Waals surface area contributed by atoms with Crippen LogP contribution in [0.15, 0.2) is 48.5 Å². The number of nitrogens with zero attached hydrogens (tertiary/aromatic N) is 1. The Balaban J connectivity index is 2.07. The fourth-order valence-corrected chi connectivity index (χ4v) is 1.46. The van der Waals surface area contributed by atoms with E-state index in [0.717, 1.165) is 0 Å². The van der Waals surface area contributed by atoms with E-state index in [1.54, 1.807) is 24.3 Å². The van der Waals surface area contributed by atoms with E-state index in [1.165, 1.54) is 24.3 Å². The monoisotopic (exact) mass is 258 g/mol. The maximum absolute atomic E-state index is 10.5. The van der Waals surface area contributed by atoms with Crippen LogP contribution in [0.2, 0.25) is 0 Å². The van der Waals surface area contributed by atoms with Gasteiger partial charge in [-0.2, -0.15) is 0 Å². The summed E-state index contributed by atoms with van der Waals surface area (Å²) in [6.07, 6.45) is 0.589. The number of hydrogen-bond acceptors (Lipinski definition) is 4. The molecule has 0 saturated carbocycles. The number of nitro groups is 1. The highest BCUT2D eigenvalue weighted by molar-refractivity contribution is 5.71. The highest BCUT2D eigenvalue weighted by Crippen LogP contribution is 2.24. The first-order chi connectivity index (χ1) is 9.19. The smallest absolute Gasteiger partial charge is 0.269 e. The molecule has 1 amide bonds. The Bertz CT molecular complexity index is 579. The van der Waals surface area contributed by atoms with Crippen molar-refractivity contribution in [2.24, 2.45) is 0 Å². The van der Waals surface area contributed by atoms with Crippen LogP contribution in [0, 0.1) is 10.1 Å². The number of hydrogen-bond donors (Lipinski definition) is 1. The number of carbonyl (C=O) groups is 1. The predicted octanol–water partition coefficient (Wildman–Crippen LogP) is 2.96. The number of rotatable bonds is 5. The summed E-state index contributed by atoms with van der Waals surface area (Å²) in [5.74, 6) is 1.08. The van der Waals surface area contributed by atoms with Gasteiger partial charge in [0.2, 0.25) is 6.41 Å². The van der Waals surface area contributed by atoms with Crippen LogP contribution in [-0.2, 0) is 4.79 Å². The summed E-state index contributed by atoms with van der Waals surface area (Å²) in [4.78, 5) is 20.3. The minimum atomic E-state index is -0.469. The van der Waals surface area contributed by atoms with Gasteiger partial charge < -0.3 is 10.1 Å². The predicted molar refractivity (Wildman–Crippen MR) is 69.3 cm³/mol. The Morgan fingerprint density at radius 3 is 2.00 bits per heavy atom. The molecule has 0 saturated heterocycles. The summed E-state index contributed by atoms with van der Waals surface area (Å²) < 4.78 is 5.51. The van der Waals surface area contributed by atoms with Gasteiger partial charge in [0.05, 0.1) is 4.92 Å². The second-order valence-electron chi connectivity index (χ2n) is 3.64. The first-order valence-corrected chi connectivity index (χ1v) is 5.41. The van der Waals surface area contributed by atoms with Crippen LogP contribution in [0.4, 0.5) is 11.4 Å². The minimum Gasteiger partial charge on any atom is -0.457 e. The summed E-state index contributed by atoms with van der Waals surface area (Å²) in [7, 11) is 0. The van der Waals surface area contributed by atoms with Crippen molar-refractivity contribution in [3.8, 4) is 11.5 Å². The molecule has 0 bridgehead atoms. The molecule has 19 heavy (non-hydrogen) atoms. The van der Waals surface area contributed by atoms with Gasteiger partial charge in [-0.25, -0.2) is 0 Å². The molecule has 0 aliphatic heterocycles. The normalized spacial score (nSPS) is 9.68. The molecule has 2 rings (SSSR count). The molecular weight excluding hydrogens is 248 g/mol. The number of nitrogens with one attached hydrogen (secondary N) is 1. The van der Waals surface area contributed by atoms with E-state index in [9.17, 15) is 14.9 Å². The maximum atomic E-state index is 10.5. The van der Waals surface area contributed by atoms with Gasteiger partial charge in [-0.1, -0.05) is 0 Å². The number of amides is 1. The van der Waals surface area contributed by atoms with E-state index >= 15 is 0 Å². The fourth-order valence-electron chi connectivity index (χ4n) is 1.46. The van der Waals surface area contributed by atoms with Gasteiger partial charge in [-0.3, -0.25) is 14.9 Å². The van der Waals surface area contributed by atoms with Gasteiger partial charge in [0.25, 0.3) is 5.69 Å². The lowest BCUT2D eigenvalue weighted by Crippen LogP contribution is -1.93. The Kier molecular flexibility index (Phi) is 3.72. The standard InChI is InChI=1S/C13H10N2O4/c16-9-14-10-1-5-12(6-2-10)19-13-7-3-11(4-8-13)15(17)18/h1-9H,(H,14,16). The lowest BCUT2D eigenvalue weighted by molar-refractivity contribution is -0.384. The van der Waals surface area contributed by atoms with E-state index < -0.39 is 4.92 Å². The summed E-state index contributed by atoms with van der Waals surface area (Å²) in [6.45, 7) is 0. The molecule has 6 heteroatoms. The average molecular weight is 258 g/mol. The van der Waals surface area contributed by atoms with Gasteiger partial charge in [0.15, 0.2) is 0 Å². The minimum absolute atomic E-state index is 0.0119. The van der Waals surface area contributed by atoms with E-state index in [-0.39, 0.29) is 5.69 Å². The van der Waals surface area contributed by atoms with Crippen molar-refractivity contribution < 1.29 is 14.5 Å². The second-order valence-corrected chi connectivity index (χ2v) is 3.64. The number of carbonyl (C=O) groups excluding carboxylic acids is 1. The van der Waals surface area contributed by atoms with Crippen LogP contribution in [0.5, 0.6) is 11.5 Å². The molecule has 6 nitrogen and oxygen atoms in total. The van der Waals surface area contributed by atoms with Gasteiger partial charge in [-0.15, -0.1) is 0 Å². The number of non-ortho nitro benzene ring substituents is 1. The molecule has 0 spiro atoms. The largest absolute Gasteiger partial charge is 0.457 e. The van der Waals surface area contributed by atoms with Crippen LogP contribution in [0.3, 0.4) is 0 Å². The summed E-state index contributed by atoms with van der Waals surface area (Å²) in [6, 6.07) is 12.5. The Hall–Kier alpha value is -2.89. The molecular formula is C13H10N2O4. The molecule has 2 aromatic rings. The van der Waals surface area contributed by atoms with E-state index in [4.69, 9.17) is 4.74 Å². The third-order valence-corrected chi connectivity index (χ3v) is 2.36. The van der Waals surface area contributed by atoms with E-state index in [1.807, 2.05) is 0 Å². The summed E-state index contributed by atoms with van der Waals surface area (Å²) >= 11 is 0. The van der Waals surface area contributed by atoms with Crippen molar-refractivity contribution in [1.29, 1.82) is 0 Å². The SMILES string of the molecule is O=CNc1ccc(Oc2ccc([N+](=O)[O-])cc2)cc1. The first kappa shape index (κ1) is 12.6. The van der Waals surface area contributed by atoms with Gasteiger partial charge in [0, 0.05) is 17.8 Å². The number of nitro benzene ring substituents is 1. The third kappa shape index (κ3) is 3.29. The quantitative estimate of drug-likeness (QED) is 0.507. The molecule has 0 atom stereocenters. The molecule has 0 unspecified atom stereocenters. The van der Waals surface area contributed by atoms with Crippen molar-refractivity contribution in [3.63, 3.8) is 0 Å². The topological polar surface area (TPSA) is 81.5 Å². The first-order valence-electron chi connectivity index (χ1n) is 5.41. The van der Waals surface area contributed by atoms with Crippen LogP contribution < -0.4 is 10.1 Å². The van der Waals surface area contributed by atoms with Crippen molar-refractivity contribution in [1.82, 2.24) is 0 Å². The highest BCUT2D eigenvalue weighted by atomic mass is 16.6. The summed E-state index contributed by atoms with van der Waals surface area (Å²) in [5.41, 5.74) is 0.670. The maximum Gasteiger partial charge on any atom is 0.269 e. The molecule has 2 aromatic carbocycles. The zero-order valence-electron chi connectivity index (χ0n) is 9.78. The molecule has 96 valence electrons. The van der Waals surface area contributed by atoms with Crippen molar-refractivity contribution in [2.45, 2.75) is 0 Å². The Labute approximate surface area is 108 Å². The van der Waals surface area contributed by atoms with Crippen LogP contribution in [-0.4, -0.2) is 11.3 Å².